The van der Waals surface area contributed by atoms with E-state index in [0.29, 0.717) is 29.5 Å². The molecule has 0 spiro atoms. The first-order valence-electron chi connectivity index (χ1n) is 5.64. The second kappa shape index (κ2) is 2.62. The maximum atomic E-state index is 12.1. The number of ketones is 1. The average Bonchev–Trinajstić information content (AvgIpc) is 2.80. The highest BCUT2D eigenvalue weighted by atomic mass is 16.1. The molecule has 72 valence electrons. The fourth-order valence-electron chi connectivity index (χ4n) is 3.83. The summed E-state index contributed by atoms with van der Waals surface area (Å²) in [5.74, 6) is 2.66. The van der Waals surface area contributed by atoms with Crippen molar-refractivity contribution in [3.8, 4) is 0 Å². The Labute approximate surface area is 85.7 Å². The van der Waals surface area contributed by atoms with Crippen molar-refractivity contribution in [1.82, 2.24) is 0 Å². The van der Waals surface area contributed by atoms with Crippen molar-refractivity contribution in [3.63, 3.8) is 0 Å². The molecule has 3 rings (SSSR count). The van der Waals surface area contributed by atoms with Crippen LogP contribution >= 0.6 is 0 Å². The van der Waals surface area contributed by atoms with Gasteiger partial charge in [0.2, 0.25) is 0 Å². The summed E-state index contributed by atoms with van der Waals surface area (Å²) in [7, 11) is 2.10. The fraction of sp³-hybridized carbons (Fsp3) is 0.583. The quantitative estimate of drug-likeness (QED) is 0.444. The summed E-state index contributed by atoms with van der Waals surface area (Å²) in [6, 6.07) is 0. The minimum atomic E-state index is 0.176. The number of fused-ring (bicyclic) bond motifs is 5. The summed E-state index contributed by atoms with van der Waals surface area (Å²) >= 11 is 0. The van der Waals surface area contributed by atoms with E-state index in [4.69, 9.17) is 0 Å². The van der Waals surface area contributed by atoms with Gasteiger partial charge in [0.05, 0.1) is 0 Å². The van der Waals surface area contributed by atoms with E-state index in [1.165, 1.54) is 12.0 Å². The molecule has 2 saturated carbocycles. The highest BCUT2D eigenvalue weighted by Gasteiger charge is 2.55. The number of carbonyl (C=O) groups is 1. The van der Waals surface area contributed by atoms with Gasteiger partial charge >= 0.3 is 0 Å². The molecule has 2 fully saturated rings. The molecular weight excluding hydrogens is 171 g/mol. The summed E-state index contributed by atoms with van der Waals surface area (Å²) in [4.78, 5) is 12.1. The molecule has 14 heavy (non-hydrogen) atoms. The van der Waals surface area contributed by atoms with E-state index < -0.39 is 0 Å². The van der Waals surface area contributed by atoms with E-state index in [9.17, 15) is 4.79 Å². The van der Waals surface area contributed by atoms with Crippen LogP contribution in [-0.4, -0.2) is 13.6 Å². The number of allylic oxidation sites excluding steroid dienone is 3. The Morgan fingerprint density at radius 2 is 2.00 bits per heavy atom. The molecule has 0 heterocycles. The first-order valence-corrected chi connectivity index (χ1v) is 5.64. The Balaban J connectivity index is 2.02. The van der Waals surface area contributed by atoms with Gasteiger partial charge in [-0.3, -0.25) is 4.79 Å². The number of carbonyl (C=O) groups excluding carboxylic acids is 1. The van der Waals surface area contributed by atoms with Crippen LogP contribution in [-0.2, 0) is 4.79 Å². The summed E-state index contributed by atoms with van der Waals surface area (Å²) in [6.07, 6.45) is 6.72. The maximum Gasteiger partial charge on any atom is 0.143 e. The van der Waals surface area contributed by atoms with Gasteiger partial charge in [0.1, 0.15) is 13.6 Å². The number of hydrogen-bond donors (Lipinski definition) is 0. The minimum absolute atomic E-state index is 0.176. The lowest BCUT2D eigenvalue weighted by Gasteiger charge is -2.19. The second-order valence-corrected chi connectivity index (χ2v) is 4.94. The van der Waals surface area contributed by atoms with Crippen molar-refractivity contribution in [1.29, 1.82) is 0 Å². The van der Waals surface area contributed by atoms with Gasteiger partial charge in [0.15, 0.2) is 0 Å². The van der Waals surface area contributed by atoms with Crippen molar-refractivity contribution in [2.24, 2.45) is 29.6 Å². The van der Waals surface area contributed by atoms with Crippen molar-refractivity contribution in [3.05, 3.63) is 24.3 Å². The average molecular weight is 186 g/mol. The molecule has 2 heteroatoms. The van der Waals surface area contributed by atoms with E-state index in [1.807, 2.05) is 0 Å². The lowest BCUT2D eigenvalue weighted by Crippen LogP contribution is -2.20. The van der Waals surface area contributed by atoms with Gasteiger partial charge in [-0.25, -0.2) is 0 Å². The maximum absolute atomic E-state index is 12.1. The van der Waals surface area contributed by atoms with E-state index in [0.717, 1.165) is 6.32 Å². The van der Waals surface area contributed by atoms with Crippen LogP contribution in [0.25, 0.3) is 0 Å². The van der Waals surface area contributed by atoms with E-state index in [2.05, 4.69) is 26.6 Å². The predicted molar refractivity (Wildman–Crippen MR) is 58.7 cm³/mol. The van der Waals surface area contributed by atoms with Crippen LogP contribution in [0.1, 0.15) is 6.42 Å². The van der Waals surface area contributed by atoms with E-state index in [1.54, 1.807) is 0 Å². The topological polar surface area (TPSA) is 17.1 Å². The van der Waals surface area contributed by atoms with Gasteiger partial charge in [-0.1, -0.05) is 30.6 Å². The molecule has 5 unspecified atom stereocenters. The molecule has 0 amide bonds. The molecule has 0 aliphatic heterocycles. The highest BCUT2D eigenvalue weighted by Crippen LogP contribution is 2.57. The molecular formula is C12H15BO. The van der Waals surface area contributed by atoms with Crippen LogP contribution in [0.4, 0.5) is 0 Å². The van der Waals surface area contributed by atoms with Gasteiger partial charge in [0, 0.05) is 11.8 Å². The molecule has 0 aromatic heterocycles. The Bertz CT molecular complexity index is 314. The van der Waals surface area contributed by atoms with E-state index in [-0.39, 0.29) is 5.92 Å². The molecule has 3 aliphatic carbocycles. The van der Waals surface area contributed by atoms with Crippen molar-refractivity contribution in [2.75, 3.05) is 0 Å². The summed E-state index contributed by atoms with van der Waals surface area (Å²) < 4.78 is 0. The molecule has 3 aliphatic rings. The molecule has 1 nitrogen and oxygen atoms in total. The third-order valence-electron chi connectivity index (χ3n) is 4.42. The van der Waals surface area contributed by atoms with Crippen molar-refractivity contribution >= 4 is 13.6 Å². The van der Waals surface area contributed by atoms with Crippen LogP contribution < -0.4 is 0 Å². The second-order valence-electron chi connectivity index (χ2n) is 4.94. The predicted octanol–water partition coefficient (Wildman–Crippen LogP) is 1.23. The molecule has 5 atom stereocenters. The third-order valence-corrected chi connectivity index (χ3v) is 4.42. The smallest absolute Gasteiger partial charge is 0.143 e. The van der Waals surface area contributed by atoms with Gasteiger partial charge in [-0.05, 0) is 24.2 Å². The fourth-order valence-corrected chi connectivity index (χ4v) is 3.83. The Hall–Kier alpha value is -0.785. The number of Topliss-reactive ketones (excluding diaryl/α,β-unsaturated/α-hetero) is 1. The monoisotopic (exact) mass is 186 g/mol. The van der Waals surface area contributed by atoms with Crippen LogP contribution in [0.5, 0.6) is 0 Å². The molecule has 0 radical (unpaired) electrons. The Morgan fingerprint density at radius 1 is 1.36 bits per heavy atom. The van der Waals surface area contributed by atoms with Gasteiger partial charge in [-0.15, -0.1) is 0 Å². The van der Waals surface area contributed by atoms with Crippen LogP contribution in [0, 0.1) is 29.6 Å². The highest BCUT2D eigenvalue weighted by molar-refractivity contribution is 6.12. The summed E-state index contributed by atoms with van der Waals surface area (Å²) in [6.45, 7) is 4.16. The van der Waals surface area contributed by atoms with Gasteiger partial charge < -0.3 is 0 Å². The standard InChI is InChI=1S/C12H15BO/c1-6-9(5-13)12(14)11-8-3-2-7(4-8)10(6)11/h2-3,7-11H,1,4-5,13H2. The number of rotatable bonds is 1. The first-order chi connectivity index (χ1) is 6.74. The SMILES string of the molecule is BCC1C(=C)C2C3C=CC(C3)C2C1=O. The molecule has 2 bridgehead atoms. The van der Waals surface area contributed by atoms with Gasteiger partial charge in [0.25, 0.3) is 0 Å². The van der Waals surface area contributed by atoms with Crippen molar-refractivity contribution in [2.45, 2.75) is 12.7 Å². The Kier molecular flexibility index (Phi) is 1.59. The molecule has 0 aromatic rings. The molecule has 0 N–H and O–H groups in total. The lowest BCUT2D eigenvalue weighted by molar-refractivity contribution is -0.124. The van der Waals surface area contributed by atoms with Crippen molar-refractivity contribution < 1.29 is 4.79 Å². The first kappa shape index (κ1) is 8.52. The zero-order valence-corrected chi connectivity index (χ0v) is 8.57. The van der Waals surface area contributed by atoms with Crippen LogP contribution in [0.15, 0.2) is 24.3 Å². The summed E-state index contributed by atoms with van der Waals surface area (Å²) in [5.41, 5.74) is 1.24. The zero-order valence-electron chi connectivity index (χ0n) is 8.57. The number of hydrogen-bond acceptors (Lipinski definition) is 1. The normalized spacial score (nSPS) is 49.0. The van der Waals surface area contributed by atoms with Gasteiger partial charge in [-0.2, -0.15) is 0 Å². The summed E-state index contributed by atoms with van der Waals surface area (Å²) in [5, 5.41) is 0. The minimum Gasteiger partial charge on any atom is -0.299 e. The van der Waals surface area contributed by atoms with Crippen LogP contribution in [0.2, 0.25) is 6.32 Å². The lowest BCUT2D eigenvalue weighted by atomic mass is 9.83. The Morgan fingerprint density at radius 3 is 2.57 bits per heavy atom. The molecule has 0 aromatic carbocycles. The van der Waals surface area contributed by atoms with Crippen LogP contribution in [0.3, 0.4) is 0 Å². The largest absolute Gasteiger partial charge is 0.299 e. The van der Waals surface area contributed by atoms with E-state index >= 15 is 0 Å². The molecule has 0 saturated heterocycles. The zero-order chi connectivity index (χ0) is 9.87. The third kappa shape index (κ3) is 0.801.